The van der Waals surface area contributed by atoms with Crippen molar-refractivity contribution in [1.29, 1.82) is 0 Å². The number of aliphatic hydroxyl groups excluding tert-OH is 3. The van der Waals surface area contributed by atoms with Crippen LogP contribution in [0.2, 0.25) is 0 Å². The van der Waals surface area contributed by atoms with E-state index in [0.717, 1.165) is 19.3 Å². The predicted octanol–water partition coefficient (Wildman–Crippen LogP) is -3.29. The molecule has 1 aliphatic rings. The van der Waals surface area contributed by atoms with Crippen molar-refractivity contribution in [3.8, 4) is 0 Å². The Balaban J connectivity index is 0.00000529. The normalized spacial score (nSPS) is 27.7. The largest absolute Gasteiger partial charge is 1.00 e. The van der Waals surface area contributed by atoms with Crippen LogP contribution >= 0.6 is 0 Å². The first-order valence-electron chi connectivity index (χ1n) is 8.51. The number of aliphatic carboxylic acids is 1. The molecule has 1 fully saturated rings. The van der Waals surface area contributed by atoms with E-state index in [2.05, 4.69) is 6.92 Å². The molecule has 7 nitrogen and oxygen atoms in total. The fourth-order valence-corrected chi connectivity index (χ4v) is 2.64. The third kappa shape index (κ3) is 8.10. The number of rotatable bonds is 12. The van der Waals surface area contributed by atoms with E-state index < -0.39 is 36.7 Å². The van der Waals surface area contributed by atoms with Crippen LogP contribution in [0.15, 0.2) is 0 Å². The van der Waals surface area contributed by atoms with E-state index in [4.69, 9.17) is 9.47 Å². The number of hydrogen-bond donors (Lipinski definition) is 3. The fraction of sp³-hybridized carbons (Fsp3) is 0.938. The summed E-state index contributed by atoms with van der Waals surface area (Å²) in [6.07, 6.45) is 1.66. The molecule has 136 valence electrons. The Morgan fingerprint density at radius 2 is 1.62 bits per heavy atom. The van der Waals surface area contributed by atoms with Crippen molar-refractivity contribution < 1.29 is 64.3 Å². The molecule has 0 bridgehead atoms. The van der Waals surface area contributed by atoms with E-state index in [0.29, 0.717) is 6.61 Å². The van der Waals surface area contributed by atoms with Crippen molar-refractivity contribution in [3.05, 3.63) is 0 Å². The van der Waals surface area contributed by atoms with E-state index in [1.807, 2.05) is 0 Å². The first kappa shape index (κ1) is 24.3. The summed E-state index contributed by atoms with van der Waals surface area (Å²) < 4.78 is 10.4. The van der Waals surface area contributed by atoms with Crippen molar-refractivity contribution in [2.24, 2.45) is 0 Å². The fourth-order valence-electron chi connectivity index (χ4n) is 2.64. The second-order valence-corrected chi connectivity index (χ2v) is 6.06. The topological polar surface area (TPSA) is 119 Å². The van der Waals surface area contributed by atoms with Gasteiger partial charge in [0, 0.05) is 6.61 Å². The molecule has 0 radical (unpaired) electrons. The van der Waals surface area contributed by atoms with Gasteiger partial charge < -0.3 is 34.7 Å². The Hall–Kier alpha value is 0.270. The first-order chi connectivity index (χ1) is 11.0. The van der Waals surface area contributed by atoms with Gasteiger partial charge in [0.25, 0.3) is 0 Å². The molecule has 3 N–H and O–H groups in total. The second-order valence-electron chi connectivity index (χ2n) is 6.06. The summed E-state index contributed by atoms with van der Waals surface area (Å²) in [7, 11) is 0. The first-order valence-corrected chi connectivity index (χ1v) is 8.51. The van der Waals surface area contributed by atoms with Crippen molar-refractivity contribution in [2.45, 2.75) is 89.0 Å². The number of ether oxygens (including phenoxy) is 2. The number of carbonyl (C=O) groups is 1. The molecule has 0 saturated carbocycles. The van der Waals surface area contributed by atoms with Gasteiger partial charge in [0.2, 0.25) is 0 Å². The molecule has 5 atom stereocenters. The molecule has 1 aliphatic heterocycles. The van der Waals surface area contributed by atoms with Crippen LogP contribution in [0.1, 0.15) is 58.3 Å². The summed E-state index contributed by atoms with van der Waals surface area (Å²) >= 11 is 0. The van der Waals surface area contributed by atoms with E-state index in [9.17, 15) is 25.2 Å². The van der Waals surface area contributed by atoms with Gasteiger partial charge in [-0.05, 0) is 6.42 Å². The molecule has 0 aromatic heterocycles. The summed E-state index contributed by atoms with van der Waals surface area (Å²) in [5, 5.41) is 39.4. The van der Waals surface area contributed by atoms with Gasteiger partial charge in [-0.1, -0.05) is 51.9 Å². The van der Waals surface area contributed by atoms with Gasteiger partial charge >= 0.3 is 29.6 Å². The molecule has 1 rings (SSSR count). The van der Waals surface area contributed by atoms with E-state index in [1.165, 1.54) is 32.1 Å². The minimum atomic E-state index is -2.00. The quantitative estimate of drug-likeness (QED) is 0.248. The maximum atomic E-state index is 10.6. The van der Waals surface area contributed by atoms with Crippen LogP contribution in [0.4, 0.5) is 0 Å². The average molecular weight is 356 g/mol. The standard InChI is InChI=1S/C16H30O7.Na/c1-2-3-4-5-6-7-8-9-10-22-16-12(18)11(17)14(23-16)13(19)15(20)21;/h11-14,16-19H,2-10H2,1H3,(H,20,21);/q;+1/p-1/t11?,12?,13?,14-,16-;/m1./s1. The van der Waals surface area contributed by atoms with Crippen LogP contribution in [0, 0.1) is 0 Å². The summed E-state index contributed by atoms with van der Waals surface area (Å²) in [4.78, 5) is 10.6. The Kier molecular flexibility index (Phi) is 13.6. The predicted molar refractivity (Wildman–Crippen MR) is 80.3 cm³/mol. The van der Waals surface area contributed by atoms with E-state index in [-0.39, 0.29) is 29.6 Å². The Bertz CT molecular complexity index is 342. The Morgan fingerprint density at radius 3 is 2.17 bits per heavy atom. The number of carbonyl (C=O) groups excluding carboxylic acids is 1. The van der Waals surface area contributed by atoms with Crippen LogP contribution in [-0.2, 0) is 14.3 Å². The monoisotopic (exact) mass is 356 g/mol. The zero-order chi connectivity index (χ0) is 17.2. The number of unbranched alkanes of at least 4 members (excludes halogenated alkanes) is 7. The second kappa shape index (κ2) is 13.5. The summed E-state index contributed by atoms with van der Waals surface area (Å²) in [5.41, 5.74) is 0. The van der Waals surface area contributed by atoms with Crippen molar-refractivity contribution in [2.75, 3.05) is 6.61 Å². The molecular formula is C16H29NaO7. The SMILES string of the molecule is CCCCCCCCCCO[C@@H]1O[C@@H](C(O)C(=O)[O-])C(O)C1O.[Na+]. The molecule has 0 aromatic carbocycles. The van der Waals surface area contributed by atoms with Crippen LogP contribution in [0.5, 0.6) is 0 Å². The van der Waals surface area contributed by atoms with Crippen molar-refractivity contribution in [1.82, 2.24) is 0 Å². The average Bonchev–Trinajstić information content (AvgIpc) is 2.80. The smallest absolute Gasteiger partial charge is 0.547 e. The van der Waals surface area contributed by atoms with Crippen LogP contribution in [0.25, 0.3) is 0 Å². The summed E-state index contributed by atoms with van der Waals surface area (Å²) in [6.45, 7) is 2.53. The number of hydrogen-bond acceptors (Lipinski definition) is 7. The minimum Gasteiger partial charge on any atom is -0.547 e. The Morgan fingerprint density at radius 1 is 1.08 bits per heavy atom. The van der Waals surface area contributed by atoms with Crippen LogP contribution in [0.3, 0.4) is 0 Å². The van der Waals surface area contributed by atoms with E-state index in [1.54, 1.807) is 0 Å². The maximum absolute atomic E-state index is 10.6. The molecule has 1 heterocycles. The molecule has 8 heteroatoms. The number of aliphatic hydroxyl groups is 3. The minimum absolute atomic E-state index is 0. The molecule has 3 unspecified atom stereocenters. The summed E-state index contributed by atoms with van der Waals surface area (Å²) in [5.74, 6) is -1.76. The third-order valence-corrected chi connectivity index (χ3v) is 4.09. The van der Waals surface area contributed by atoms with Gasteiger partial charge in [-0.25, -0.2) is 0 Å². The maximum Gasteiger partial charge on any atom is 1.00 e. The number of carboxylic acids is 1. The van der Waals surface area contributed by atoms with Gasteiger partial charge in [0.05, 0.1) is 5.97 Å². The zero-order valence-electron chi connectivity index (χ0n) is 14.7. The van der Waals surface area contributed by atoms with Gasteiger partial charge in [-0.15, -0.1) is 0 Å². The summed E-state index contributed by atoms with van der Waals surface area (Å²) in [6, 6.07) is 0. The molecule has 0 aliphatic carbocycles. The van der Waals surface area contributed by atoms with Gasteiger partial charge in [0.1, 0.15) is 24.4 Å². The molecule has 0 amide bonds. The molecule has 0 spiro atoms. The Labute approximate surface area is 165 Å². The zero-order valence-corrected chi connectivity index (χ0v) is 16.7. The van der Waals surface area contributed by atoms with Gasteiger partial charge in [-0.2, -0.15) is 0 Å². The van der Waals surface area contributed by atoms with E-state index >= 15 is 0 Å². The molecular weight excluding hydrogens is 327 g/mol. The van der Waals surface area contributed by atoms with Gasteiger partial charge in [0.15, 0.2) is 6.29 Å². The van der Waals surface area contributed by atoms with Crippen molar-refractivity contribution in [3.63, 3.8) is 0 Å². The van der Waals surface area contributed by atoms with Crippen molar-refractivity contribution >= 4 is 5.97 Å². The molecule has 1 saturated heterocycles. The molecule has 24 heavy (non-hydrogen) atoms. The van der Waals surface area contributed by atoms with Gasteiger partial charge in [-0.3, -0.25) is 0 Å². The third-order valence-electron chi connectivity index (χ3n) is 4.09. The van der Waals surface area contributed by atoms with Crippen LogP contribution < -0.4 is 34.7 Å². The van der Waals surface area contributed by atoms with Crippen LogP contribution in [-0.4, -0.2) is 58.6 Å². The molecule has 0 aromatic rings. The number of carboxylic acid groups (broad SMARTS) is 1.